The molecule has 3 aromatic heterocycles. The van der Waals surface area contributed by atoms with Gasteiger partial charge in [-0.15, -0.1) is 0 Å². The van der Waals surface area contributed by atoms with Gasteiger partial charge in [0.25, 0.3) is 5.91 Å². The van der Waals surface area contributed by atoms with Crippen molar-refractivity contribution in [3.05, 3.63) is 48.9 Å². The Morgan fingerprint density at radius 1 is 1.32 bits per heavy atom. The predicted molar refractivity (Wildman–Crippen MR) is 65.7 cm³/mol. The molecule has 0 aliphatic rings. The van der Waals surface area contributed by atoms with Gasteiger partial charge >= 0.3 is 0 Å². The lowest BCUT2D eigenvalue weighted by Crippen LogP contribution is -2.12. The number of carbonyl (C=O) groups excluding carboxylic acids is 1. The third-order valence-corrected chi connectivity index (χ3v) is 2.40. The number of hydrogen-bond donors (Lipinski definition) is 2. The molecule has 0 bridgehead atoms. The van der Waals surface area contributed by atoms with Crippen LogP contribution in [0.2, 0.25) is 0 Å². The molecule has 0 radical (unpaired) electrons. The lowest BCUT2D eigenvalue weighted by molar-refractivity contribution is 0.102. The largest absolute Gasteiger partial charge is 0.319 e. The molecule has 0 spiro atoms. The summed E-state index contributed by atoms with van der Waals surface area (Å²) in [4.78, 5) is 19.8. The summed E-state index contributed by atoms with van der Waals surface area (Å²) < 4.78 is 1.53. The molecular formula is C11H9N7O. The highest BCUT2D eigenvalue weighted by molar-refractivity contribution is 6.02. The zero-order valence-corrected chi connectivity index (χ0v) is 9.69. The molecule has 2 N–H and O–H groups in total. The molecule has 94 valence electrons. The molecule has 8 nitrogen and oxygen atoms in total. The van der Waals surface area contributed by atoms with E-state index in [1.54, 1.807) is 30.7 Å². The average molecular weight is 255 g/mol. The average Bonchev–Trinajstić information content (AvgIpc) is 3.13. The van der Waals surface area contributed by atoms with Crippen molar-refractivity contribution < 1.29 is 4.79 Å². The van der Waals surface area contributed by atoms with Crippen LogP contribution in [0.1, 0.15) is 10.5 Å². The molecule has 8 heteroatoms. The summed E-state index contributed by atoms with van der Waals surface area (Å²) >= 11 is 0. The number of pyridine rings is 1. The molecule has 0 atom stereocenters. The molecule has 3 rings (SSSR count). The van der Waals surface area contributed by atoms with Crippen LogP contribution >= 0.6 is 0 Å². The van der Waals surface area contributed by atoms with Crippen LogP contribution in [0.5, 0.6) is 0 Å². The third kappa shape index (κ3) is 2.32. The number of carbonyl (C=O) groups is 1. The molecule has 0 saturated heterocycles. The Morgan fingerprint density at radius 2 is 2.26 bits per heavy atom. The standard InChI is InChI=1S/C11H9N7O/c19-11(9-3-4-14-17-9)16-8-1-2-10(13-5-8)18-7-12-6-15-18/h1-7H,(H,14,17)(H,16,19). The van der Waals surface area contributed by atoms with E-state index in [0.29, 0.717) is 17.2 Å². The third-order valence-electron chi connectivity index (χ3n) is 2.40. The lowest BCUT2D eigenvalue weighted by atomic mass is 10.3. The van der Waals surface area contributed by atoms with Crippen molar-refractivity contribution in [1.82, 2.24) is 29.9 Å². The Hall–Kier alpha value is -3.03. The SMILES string of the molecule is O=C(Nc1ccc(-n2cncn2)nc1)c1ccn[nH]1. The molecule has 0 aromatic carbocycles. The first-order chi connectivity index (χ1) is 9.33. The quantitative estimate of drug-likeness (QED) is 0.715. The van der Waals surface area contributed by atoms with Crippen LogP contribution in [0.15, 0.2) is 43.2 Å². The fourth-order valence-electron chi connectivity index (χ4n) is 1.50. The topological polar surface area (TPSA) is 101 Å². The molecule has 0 unspecified atom stereocenters. The van der Waals surface area contributed by atoms with E-state index in [-0.39, 0.29) is 5.91 Å². The van der Waals surface area contributed by atoms with Gasteiger partial charge in [0.05, 0.1) is 11.9 Å². The Bertz CT molecular complexity index is 658. The van der Waals surface area contributed by atoms with Crippen LogP contribution in [-0.2, 0) is 0 Å². The Kier molecular flexibility index (Phi) is 2.73. The maximum absolute atomic E-state index is 11.8. The highest BCUT2D eigenvalue weighted by Crippen LogP contribution is 2.09. The van der Waals surface area contributed by atoms with Gasteiger partial charge in [0.1, 0.15) is 18.3 Å². The lowest BCUT2D eigenvalue weighted by Gasteiger charge is -2.04. The van der Waals surface area contributed by atoms with Gasteiger partial charge in [-0.3, -0.25) is 9.89 Å². The molecule has 0 aliphatic heterocycles. The second kappa shape index (κ2) is 4.69. The maximum Gasteiger partial charge on any atom is 0.273 e. The number of H-pyrrole nitrogens is 1. The van der Waals surface area contributed by atoms with Crippen LogP contribution in [-0.4, -0.2) is 35.9 Å². The van der Waals surface area contributed by atoms with E-state index >= 15 is 0 Å². The van der Waals surface area contributed by atoms with Crippen molar-refractivity contribution in [3.8, 4) is 5.82 Å². The number of aromatic nitrogens is 6. The van der Waals surface area contributed by atoms with E-state index in [1.807, 2.05) is 0 Å². The van der Waals surface area contributed by atoms with Crippen LogP contribution in [0.25, 0.3) is 5.82 Å². The summed E-state index contributed by atoms with van der Waals surface area (Å²) in [5.41, 5.74) is 0.976. The highest BCUT2D eigenvalue weighted by Gasteiger charge is 2.07. The van der Waals surface area contributed by atoms with Gasteiger partial charge in [-0.2, -0.15) is 10.2 Å². The van der Waals surface area contributed by atoms with Crippen LogP contribution < -0.4 is 5.32 Å². The zero-order chi connectivity index (χ0) is 13.1. The van der Waals surface area contributed by atoms with Crippen molar-refractivity contribution in [1.29, 1.82) is 0 Å². The second-order valence-corrected chi connectivity index (χ2v) is 3.67. The first-order valence-electron chi connectivity index (χ1n) is 5.45. The monoisotopic (exact) mass is 255 g/mol. The number of rotatable bonds is 3. The van der Waals surface area contributed by atoms with E-state index in [9.17, 15) is 4.79 Å². The van der Waals surface area contributed by atoms with Gasteiger partial charge in [-0.25, -0.2) is 14.6 Å². The van der Waals surface area contributed by atoms with Gasteiger partial charge < -0.3 is 5.32 Å². The molecule has 0 saturated carbocycles. The minimum Gasteiger partial charge on any atom is -0.319 e. The van der Waals surface area contributed by atoms with E-state index in [4.69, 9.17) is 0 Å². The molecule has 0 aliphatic carbocycles. The van der Waals surface area contributed by atoms with Gasteiger partial charge in [0.2, 0.25) is 0 Å². The molecule has 0 fully saturated rings. The minimum atomic E-state index is -0.271. The van der Waals surface area contributed by atoms with Gasteiger partial charge in [0, 0.05) is 6.20 Å². The smallest absolute Gasteiger partial charge is 0.273 e. The molecule has 19 heavy (non-hydrogen) atoms. The van der Waals surface area contributed by atoms with Crippen molar-refractivity contribution in [3.63, 3.8) is 0 Å². The van der Waals surface area contributed by atoms with E-state index in [1.165, 1.54) is 17.2 Å². The highest BCUT2D eigenvalue weighted by atomic mass is 16.1. The Labute approximate surface area is 107 Å². The first kappa shape index (κ1) is 11.1. The van der Waals surface area contributed by atoms with Crippen LogP contribution in [0, 0.1) is 0 Å². The fourth-order valence-corrected chi connectivity index (χ4v) is 1.50. The van der Waals surface area contributed by atoms with Gasteiger partial charge in [-0.05, 0) is 18.2 Å². The second-order valence-electron chi connectivity index (χ2n) is 3.67. The van der Waals surface area contributed by atoms with E-state index in [2.05, 4.69) is 30.6 Å². The summed E-state index contributed by atoms with van der Waals surface area (Å²) in [5.74, 6) is 0.352. The van der Waals surface area contributed by atoms with Crippen molar-refractivity contribution in [2.75, 3.05) is 5.32 Å². The number of anilines is 1. The van der Waals surface area contributed by atoms with Crippen molar-refractivity contribution >= 4 is 11.6 Å². The van der Waals surface area contributed by atoms with Crippen LogP contribution in [0.4, 0.5) is 5.69 Å². The van der Waals surface area contributed by atoms with E-state index in [0.717, 1.165) is 0 Å². The minimum absolute atomic E-state index is 0.271. The predicted octanol–water partition coefficient (Wildman–Crippen LogP) is 0.638. The summed E-state index contributed by atoms with van der Waals surface area (Å²) in [5, 5.41) is 13.0. The fraction of sp³-hybridized carbons (Fsp3) is 0. The molecule has 3 aromatic rings. The number of aromatic amines is 1. The summed E-state index contributed by atoms with van der Waals surface area (Å²) in [6, 6.07) is 5.06. The van der Waals surface area contributed by atoms with Gasteiger partial charge in [0.15, 0.2) is 5.82 Å². The zero-order valence-electron chi connectivity index (χ0n) is 9.69. The molecule has 1 amide bonds. The first-order valence-corrected chi connectivity index (χ1v) is 5.45. The molecule has 3 heterocycles. The van der Waals surface area contributed by atoms with Crippen molar-refractivity contribution in [2.24, 2.45) is 0 Å². The van der Waals surface area contributed by atoms with Crippen LogP contribution in [0.3, 0.4) is 0 Å². The summed E-state index contributed by atoms with van der Waals surface area (Å²) in [6.07, 6.45) is 6.03. The normalized spacial score (nSPS) is 10.3. The summed E-state index contributed by atoms with van der Waals surface area (Å²) in [6.45, 7) is 0. The summed E-state index contributed by atoms with van der Waals surface area (Å²) in [7, 11) is 0. The van der Waals surface area contributed by atoms with E-state index < -0.39 is 0 Å². The number of nitrogens with one attached hydrogen (secondary N) is 2. The Morgan fingerprint density at radius 3 is 2.89 bits per heavy atom. The molecular weight excluding hydrogens is 246 g/mol. The Balaban J connectivity index is 1.75. The number of hydrogen-bond acceptors (Lipinski definition) is 5. The number of nitrogens with zero attached hydrogens (tertiary/aromatic N) is 5. The maximum atomic E-state index is 11.8. The van der Waals surface area contributed by atoms with Crippen molar-refractivity contribution in [2.45, 2.75) is 0 Å². The number of amides is 1. The van der Waals surface area contributed by atoms with Gasteiger partial charge in [-0.1, -0.05) is 0 Å².